The number of nitrogens with zero attached hydrogens (tertiary/aromatic N) is 3. The highest BCUT2D eigenvalue weighted by atomic mass is 16.5. The van der Waals surface area contributed by atoms with Gasteiger partial charge in [0.1, 0.15) is 5.69 Å². The highest BCUT2D eigenvalue weighted by Crippen LogP contribution is 2.03. The van der Waals surface area contributed by atoms with Crippen LogP contribution in [0.3, 0.4) is 0 Å². The van der Waals surface area contributed by atoms with Gasteiger partial charge in [0, 0.05) is 63.6 Å². The fourth-order valence-electron chi connectivity index (χ4n) is 3.70. The van der Waals surface area contributed by atoms with Crippen LogP contribution in [-0.4, -0.2) is 145 Å². The molecule has 0 radical (unpaired) electrons. The third kappa shape index (κ3) is 13.3. The predicted molar refractivity (Wildman–Crippen MR) is 130 cm³/mol. The first-order chi connectivity index (χ1) is 17.7. The van der Waals surface area contributed by atoms with Gasteiger partial charge in [0.2, 0.25) is 0 Å². The minimum atomic E-state index is -1.23. The van der Waals surface area contributed by atoms with Gasteiger partial charge >= 0.3 is 17.9 Å². The summed E-state index contributed by atoms with van der Waals surface area (Å²) in [5.74, 6) is -3.15. The van der Waals surface area contributed by atoms with E-state index in [1.54, 1.807) is 9.80 Å². The molecule has 0 unspecified atom stereocenters. The lowest BCUT2D eigenvalue weighted by Gasteiger charge is -2.25. The highest BCUT2D eigenvalue weighted by molar-refractivity contribution is 5.85. The lowest BCUT2D eigenvalue weighted by molar-refractivity contribution is -0.139. The monoisotopic (exact) mass is 528 g/mol. The molecule has 0 aromatic carbocycles. The van der Waals surface area contributed by atoms with Gasteiger partial charge in [-0.05, 0) is 0 Å². The molecule has 1 aliphatic heterocycles. The van der Waals surface area contributed by atoms with E-state index in [9.17, 15) is 24.3 Å². The number of pyridine rings is 1. The smallest absolute Gasteiger partial charge is 0.352 e. The van der Waals surface area contributed by atoms with Crippen molar-refractivity contribution in [3.05, 3.63) is 33.7 Å². The maximum atomic E-state index is 11.9. The number of carbonyl (C=O) groups is 3. The second-order valence-electron chi connectivity index (χ2n) is 8.51. The number of nitrogens with one attached hydrogen (secondary N) is 1. The van der Waals surface area contributed by atoms with Crippen LogP contribution in [0, 0.1) is 0 Å². The second kappa shape index (κ2) is 16.8. The lowest BCUT2D eigenvalue weighted by Crippen LogP contribution is -2.38. The number of aromatic carboxylic acids is 1. The molecule has 37 heavy (non-hydrogen) atoms. The Labute approximate surface area is 214 Å². The fourth-order valence-corrected chi connectivity index (χ4v) is 3.70. The Bertz CT molecular complexity index is 889. The van der Waals surface area contributed by atoms with Crippen LogP contribution >= 0.6 is 0 Å². The molecule has 4 N–H and O–H groups in total. The maximum Gasteiger partial charge on any atom is 0.352 e. The van der Waals surface area contributed by atoms with Gasteiger partial charge in [-0.3, -0.25) is 29.1 Å². The zero-order valence-corrected chi connectivity index (χ0v) is 20.8. The van der Waals surface area contributed by atoms with E-state index in [0.29, 0.717) is 84.6 Å². The molecule has 0 spiro atoms. The van der Waals surface area contributed by atoms with Gasteiger partial charge in [0.15, 0.2) is 5.43 Å². The van der Waals surface area contributed by atoms with E-state index in [1.165, 1.54) is 6.07 Å². The van der Waals surface area contributed by atoms with Crippen molar-refractivity contribution in [2.45, 2.75) is 6.54 Å². The summed E-state index contributed by atoms with van der Waals surface area (Å²) in [4.78, 5) is 53.7. The van der Waals surface area contributed by atoms with Crippen LogP contribution in [0.1, 0.15) is 16.2 Å². The summed E-state index contributed by atoms with van der Waals surface area (Å²) in [6, 6.07) is 2.36. The number of hydrogen-bond donors (Lipinski definition) is 4. The zero-order valence-electron chi connectivity index (χ0n) is 20.8. The number of carboxylic acid groups (broad SMARTS) is 3. The van der Waals surface area contributed by atoms with Gasteiger partial charge in [-0.2, -0.15) is 0 Å². The Morgan fingerprint density at radius 1 is 0.703 bits per heavy atom. The molecular weight excluding hydrogens is 492 g/mol. The quantitative estimate of drug-likeness (QED) is 0.328. The molecule has 14 nitrogen and oxygen atoms in total. The summed E-state index contributed by atoms with van der Waals surface area (Å²) in [5, 5.41) is 27.5. The molecule has 0 atom stereocenters. The van der Waals surface area contributed by atoms with Crippen LogP contribution in [0.2, 0.25) is 0 Å². The van der Waals surface area contributed by atoms with E-state index in [2.05, 4.69) is 4.98 Å². The topological polar surface area (TPSA) is 182 Å². The number of carboxylic acids is 3. The first-order valence-corrected chi connectivity index (χ1v) is 12.0. The minimum Gasteiger partial charge on any atom is -0.480 e. The number of hydrogen-bond acceptors (Lipinski definition) is 10. The van der Waals surface area contributed by atoms with Gasteiger partial charge in [-0.15, -0.1) is 0 Å². The zero-order chi connectivity index (χ0) is 27.0. The molecule has 0 bridgehead atoms. The molecule has 1 aromatic heterocycles. The van der Waals surface area contributed by atoms with Crippen molar-refractivity contribution >= 4 is 17.9 Å². The van der Waals surface area contributed by atoms with Crippen LogP contribution in [0.25, 0.3) is 0 Å². The number of H-pyrrole nitrogens is 1. The van der Waals surface area contributed by atoms with Crippen LogP contribution in [0.15, 0.2) is 16.9 Å². The van der Waals surface area contributed by atoms with Crippen LogP contribution in [0.4, 0.5) is 0 Å². The van der Waals surface area contributed by atoms with Gasteiger partial charge in [0.05, 0.1) is 52.7 Å². The number of aromatic nitrogens is 1. The Kier molecular flexibility index (Phi) is 13.8. The van der Waals surface area contributed by atoms with Crippen molar-refractivity contribution < 1.29 is 43.9 Å². The number of aromatic amines is 1. The van der Waals surface area contributed by atoms with Gasteiger partial charge in [-0.1, -0.05) is 0 Å². The molecule has 1 saturated heterocycles. The predicted octanol–water partition coefficient (Wildman–Crippen LogP) is -1.29. The SMILES string of the molecule is O=C(O)CN1CCOCCN(CC(=O)O)CCOCCN(Cc2cc(=O)cc(C(=O)O)[nH]2)CCOCC1. The standard InChI is InChI=1S/C23H36N4O10/c28-19-13-18(24-20(14-19)23(33)34)15-25-1-7-35-9-3-26(16-21(29)30)5-11-37-12-6-27(17-22(31)32)4-10-36-8-2-25/h13-14H,1-12,15-17H2,(H,24,28)(H,29,30)(H,31,32)(H,33,34). The minimum absolute atomic E-state index is 0.158. The average Bonchev–Trinajstić information content (AvgIpc) is 2.81. The molecule has 0 aliphatic carbocycles. The van der Waals surface area contributed by atoms with E-state index in [-0.39, 0.29) is 25.3 Å². The molecule has 2 rings (SSSR count). The summed E-state index contributed by atoms with van der Waals surface area (Å²) in [7, 11) is 0. The molecule has 1 fully saturated rings. The molecule has 2 heterocycles. The average molecular weight is 529 g/mol. The highest BCUT2D eigenvalue weighted by Gasteiger charge is 2.14. The summed E-state index contributed by atoms with van der Waals surface area (Å²) in [6.45, 7) is 4.25. The van der Waals surface area contributed by atoms with Gasteiger partial charge in [0.25, 0.3) is 0 Å². The van der Waals surface area contributed by atoms with E-state index in [0.717, 1.165) is 6.07 Å². The molecule has 14 heteroatoms. The Morgan fingerprint density at radius 2 is 1.11 bits per heavy atom. The van der Waals surface area contributed by atoms with E-state index >= 15 is 0 Å². The van der Waals surface area contributed by atoms with E-state index in [4.69, 9.17) is 24.4 Å². The van der Waals surface area contributed by atoms with Crippen LogP contribution < -0.4 is 5.43 Å². The van der Waals surface area contributed by atoms with Crippen molar-refractivity contribution in [3.8, 4) is 0 Å². The van der Waals surface area contributed by atoms with E-state index in [1.807, 2.05) is 4.90 Å². The molecule has 0 saturated carbocycles. The summed E-state index contributed by atoms with van der Waals surface area (Å²) in [6.07, 6.45) is 0. The largest absolute Gasteiger partial charge is 0.480 e. The molecule has 1 aliphatic rings. The summed E-state index contributed by atoms with van der Waals surface area (Å²) < 4.78 is 17.0. The summed E-state index contributed by atoms with van der Waals surface area (Å²) >= 11 is 0. The molecule has 208 valence electrons. The van der Waals surface area contributed by atoms with Crippen molar-refractivity contribution in [1.82, 2.24) is 19.7 Å². The normalized spacial score (nSPS) is 19.0. The van der Waals surface area contributed by atoms with Crippen LogP contribution in [0.5, 0.6) is 0 Å². The third-order valence-corrected chi connectivity index (χ3v) is 5.55. The summed E-state index contributed by atoms with van der Waals surface area (Å²) in [5.41, 5.74) is -0.175. The van der Waals surface area contributed by atoms with Gasteiger partial charge < -0.3 is 34.5 Å². The van der Waals surface area contributed by atoms with Crippen molar-refractivity contribution in [2.24, 2.45) is 0 Å². The van der Waals surface area contributed by atoms with Gasteiger partial charge in [-0.25, -0.2) is 4.79 Å². The number of rotatable bonds is 7. The first kappa shape index (κ1) is 30.3. The second-order valence-corrected chi connectivity index (χ2v) is 8.51. The Morgan fingerprint density at radius 3 is 1.49 bits per heavy atom. The van der Waals surface area contributed by atoms with Crippen molar-refractivity contribution in [3.63, 3.8) is 0 Å². The Balaban J connectivity index is 2.04. The fraction of sp³-hybridized carbons (Fsp3) is 0.652. The van der Waals surface area contributed by atoms with Crippen molar-refractivity contribution in [1.29, 1.82) is 0 Å². The number of aliphatic carboxylic acids is 2. The third-order valence-electron chi connectivity index (χ3n) is 5.55. The maximum absolute atomic E-state index is 11.9. The molecule has 1 aromatic rings. The molecular formula is C23H36N4O10. The first-order valence-electron chi connectivity index (χ1n) is 12.0. The molecule has 0 amide bonds. The number of ether oxygens (including phenoxy) is 3. The van der Waals surface area contributed by atoms with Crippen molar-refractivity contribution in [2.75, 3.05) is 92.0 Å². The van der Waals surface area contributed by atoms with Crippen LogP contribution in [-0.2, 0) is 30.3 Å². The Hall–Kier alpha value is -2.88. The lowest BCUT2D eigenvalue weighted by atomic mass is 10.2. The van der Waals surface area contributed by atoms with E-state index < -0.39 is 23.3 Å².